The number of hydrogen-bond donors (Lipinski definition) is 0. The number of carbonyl (C=O) groups excluding carboxylic acids is 2. The van der Waals surface area contributed by atoms with Crippen LogP contribution in [-0.4, -0.2) is 11.8 Å². The molecule has 2 aromatic rings. The van der Waals surface area contributed by atoms with E-state index in [9.17, 15) is 9.59 Å². The van der Waals surface area contributed by atoms with Gasteiger partial charge in [-0.1, -0.05) is 23.7 Å². The third kappa shape index (κ3) is 3.20. The van der Waals surface area contributed by atoms with Gasteiger partial charge in [0.25, 0.3) is 0 Å². The van der Waals surface area contributed by atoms with Gasteiger partial charge in [-0.05, 0) is 43.3 Å². The number of ether oxygens (including phenoxy) is 1. The summed E-state index contributed by atoms with van der Waals surface area (Å²) in [4.78, 5) is 23.3. The average molecular weight is 275 g/mol. The summed E-state index contributed by atoms with van der Waals surface area (Å²) >= 11 is 5.75. The van der Waals surface area contributed by atoms with Crippen LogP contribution in [0.5, 0.6) is 5.75 Å². The molecule has 0 amide bonds. The number of halogens is 1. The number of hydrogen-bond acceptors (Lipinski definition) is 3. The first-order valence-electron chi connectivity index (χ1n) is 5.65. The van der Waals surface area contributed by atoms with Crippen molar-refractivity contribution in [3.8, 4) is 5.75 Å². The predicted molar refractivity (Wildman–Crippen MR) is 72.9 cm³/mol. The quantitative estimate of drug-likeness (QED) is 0.486. The van der Waals surface area contributed by atoms with E-state index in [1.165, 1.54) is 6.92 Å². The molecule has 0 aliphatic rings. The fourth-order valence-electron chi connectivity index (χ4n) is 1.59. The second kappa shape index (κ2) is 5.67. The van der Waals surface area contributed by atoms with Gasteiger partial charge < -0.3 is 4.74 Å². The molecule has 0 saturated heterocycles. The van der Waals surface area contributed by atoms with Crippen molar-refractivity contribution in [1.29, 1.82) is 0 Å². The highest BCUT2D eigenvalue weighted by atomic mass is 35.5. The van der Waals surface area contributed by atoms with Gasteiger partial charge in [-0.25, -0.2) is 4.79 Å². The molecule has 0 aromatic heterocycles. The Morgan fingerprint density at radius 1 is 1.00 bits per heavy atom. The van der Waals surface area contributed by atoms with Gasteiger partial charge in [0.1, 0.15) is 5.75 Å². The molecule has 2 rings (SSSR count). The van der Waals surface area contributed by atoms with Crippen LogP contribution in [0.2, 0.25) is 5.02 Å². The summed E-state index contributed by atoms with van der Waals surface area (Å²) in [6, 6.07) is 13.0. The molecule has 0 aliphatic carbocycles. The minimum atomic E-state index is -0.523. The second-order valence-corrected chi connectivity index (χ2v) is 4.39. The number of benzene rings is 2. The minimum absolute atomic E-state index is 0.153. The molecule has 0 aliphatic heterocycles. The summed E-state index contributed by atoms with van der Waals surface area (Å²) in [7, 11) is 0. The van der Waals surface area contributed by atoms with E-state index in [1.807, 2.05) is 0 Å². The van der Waals surface area contributed by atoms with Crippen LogP contribution in [0.25, 0.3) is 0 Å². The summed E-state index contributed by atoms with van der Waals surface area (Å²) in [5.74, 6) is -0.417. The molecule has 0 unspecified atom stereocenters. The summed E-state index contributed by atoms with van der Waals surface area (Å²) in [5, 5.41) is 0.542. The van der Waals surface area contributed by atoms with Crippen molar-refractivity contribution < 1.29 is 14.3 Å². The standard InChI is InChI=1S/C15H11ClO3/c1-10(17)13-4-2-3-5-14(13)19-15(18)11-6-8-12(16)9-7-11/h2-9H,1H3. The summed E-state index contributed by atoms with van der Waals surface area (Å²) in [6.45, 7) is 1.43. The zero-order valence-corrected chi connectivity index (χ0v) is 11.0. The maximum atomic E-state index is 11.9. The summed E-state index contributed by atoms with van der Waals surface area (Å²) in [6.07, 6.45) is 0. The number of rotatable bonds is 3. The van der Waals surface area contributed by atoms with E-state index in [4.69, 9.17) is 16.3 Å². The van der Waals surface area contributed by atoms with Gasteiger partial charge in [-0.3, -0.25) is 4.79 Å². The van der Waals surface area contributed by atoms with Crippen molar-refractivity contribution in [2.75, 3.05) is 0 Å². The van der Waals surface area contributed by atoms with Crippen LogP contribution >= 0.6 is 11.6 Å². The van der Waals surface area contributed by atoms with Gasteiger partial charge in [0.15, 0.2) is 5.78 Å². The van der Waals surface area contributed by atoms with Gasteiger partial charge in [0, 0.05) is 5.02 Å². The largest absolute Gasteiger partial charge is 0.422 e. The number of carbonyl (C=O) groups is 2. The molecule has 0 N–H and O–H groups in total. The lowest BCUT2D eigenvalue weighted by Crippen LogP contribution is -2.10. The first-order valence-corrected chi connectivity index (χ1v) is 6.03. The first kappa shape index (κ1) is 13.3. The Morgan fingerprint density at radius 3 is 2.26 bits per heavy atom. The Kier molecular flexibility index (Phi) is 3.97. The van der Waals surface area contributed by atoms with Crippen LogP contribution < -0.4 is 4.74 Å². The van der Waals surface area contributed by atoms with Gasteiger partial charge in [0.05, 0.1) is 11.1 Å². The third-order valence-electron chi connectivity index (χ3n) is 2.55. The zero-order valence-electron chi connectivity index (χ0n) is 10.2. The van der Waals surface area contributed by atoms with E-state index in [-0.39, 0.29) is 11.5 Å². The second-order valence-electron chi connectivity index (χ2n) is 3.95. The molecule has 0 heterocycles. The van der Waals surface area contributed by atoms with Crippen molar-refractivity contribution in [1.82, 2.24) is 0 Å². The van der Waals surface area contributed by atoms with E-state index < -0.39 is 5.97 Å². The molecule has 0 spiro atoms. The van der Waals surface area contributed by atoms with Gasteiger partial charge >= 0.3 is 5.97 Å². The molecule has 0 fully saturated rings. The predicted octanol–water partition coefficient (Wildman–Crippen LogP) is 3.76. The molecule has 0 saturated carbocycles. The zero-order chi connectivity index (χ0) is 13.8. The van der Waals surface area contributed by atoms with Crippen molar-refractivity contribution in [3.63, 3.8) is 0 Å². The topological polar surface area (TPSA) is 43.4 Å². The fraction of sp³-hybridized carbons (Fsp3) is 0.0667. The highest BCUT2D eigenvalue weighted by Gasteiger charge is 2.13. The number of Topliss-reactive ketones (excluding diaryl/α,β-unsaturated/α-hetero) is 1. The highest BCUT2D eigenvalue weighted by molar-refractivity contribution is 6.30. The monoisotopic (exact) mass is 274 g/mol. The summed E-state index contributed by atoms with van der Waals surface area (Å²) < 4.78 is 5.23. The van der Waals surface area contributed by atoms with Crippen LogP contribution in [0.4, 0.5) is 0 Å². The molecule has 19 heavy (non-hydrogen) atoms. The minimum Gasteiger partial charge on any atom is -0.422 e. The molecule has 0 bridgehead atoms. The molecule has 0 radical (unpaired) electrons. The third-order valence-corrected chi connectivity index (χ3v) is 2.80. The van der Waals surface area contributed by atoms with Crippen LogP contribution in [-0.2, 0) is 0 Å². The molecular formula is C15H11ClO3. The first-order chi connectivity index (χ1) is 9.08. The van der Waals surface area contributed by atoms with Crippen LogP contribution in [0.3, 0.4) is 0 Å². The number of ketones is 1. The highest BCUT2D eigenvalue weighted by Crippen LogP contribution is 2.20. The lowest BCUT2D eigenvalue weighted by molar-refractivity contribution is 0.0733. The maximum absolute atomic E-state index is 11.9. The molecule has 4 heteroatoms. The lowest BCUT2D eigenvalue weighted by Gasteiger charge is -2.07. The van der Waals surface area contributed by atoms with Crippen LogP contribution in [0, 0.1) is 0 Å². The maximum Gasteiger partial charge on any atom is 0.343 e. The van der Waals surface area contributed by atoms with Gasteiger partial charge in [-0.2, -0.15) is 0 Å². The van der Waals surface area contributed by atoms with Crippen LogP contribution in [0.15, 0.2) is 48.5 Å². The van der Waals surface area contributed by atoms with Crippen molar-refractivity contribution in [3.05, 3.63) is 64.7 Å². The molecule has 96 valence electrons. The van der Waals surface area contributed by atoms with Crippen molar-refractivity contribution >= 4 is 23.4 Å². The fourth-order valence-corrected chi connectivity index (χ4v) is 1.72. The van der Waals surface area contributed by atoms with E-state index in [0.717, 1.165) is 0 Å². The van der Waals surface area contributed by atoms with Gasteiger partial charge in [0.2, 0.25) is 0 Å². The van der Waals surface area contributed by atoms with Crippen LogP contribution in [0.1, 0.15) is 27.6 Å². The molecule has 3 nitrogen and oxygen atoms in total. The normalized spacial score (nSPS) is 10.0. The molecular weight excluding hydrogens is 264 g/mol. The summed E-state index contributed by atoms with van der Waals surface area (Å²) in [5.41, 5.74) is 0.757. The lowest BCUT2D eigenvalue weighted by atomic mass is 10.1. The van der Waals surface area contributed by atoms with Crippen molar-refractivity contribution in [2.45, 2.75) is 6.92 Å². The SMILES string of the molecule is CC(=O)c1ccccc1OC(=O)c1ccc(Cl)cc1. The average Bonchev–Trinajstić information content (AvgIpc) is 2.39. The Hall–Kier alpha value is -2.13. The van der Waals surface area contributed by atoms with E-state index in [1.54, 1.807) is 48.5 Å². The molecule has 2 aromatic carbocycles. The Morgan fingerprint density at radius 2 is 1.63 bits per heavy atom. The Bertz CT molecular complexity index is 618. The van der Waals surface area contributed by atoms with Crippen molar-refractivity contribution in [2.24, 2.45) is 0 Å². The van der Waals surface area contributed by atoms with E-state index in [2.05, 4.69) is 0 Å². The number of esters is 1. The van der Waals surface area contributed by atoms with E-state index >= 15 is 0 Å². The molecule has 0 atom stereocenters. The van der Waals surface area contributed by atoms with Gasteiger partial charge in [-0.15, -0.1) is 0 Å². The smallest absolute Gasteiger partial charge is 0.343 e. The Labute approximate surface area is 115 Å². The van der Waals surface area contributed by atoms with E-state index in [0.29, 0.717) is 16.1 Å². The number of para-hydroxylation sites is 1. The Balaban J connectivity index is 2.24.